The molecule has 5 rings (SSSR count). The number of furan rings is 1. The fraction of sp³-hybridized carbons (Fsp3) is 0.100. The maximum atomic E-state index is 13.0. The monoisotopic (exact) mass is 378 g/mol. The molecule has 2 aromatic heterocycles. The van der Waals surface area contributed by atoms with Gasteiger partial charge in [0.05, 0.1) is 29.3 Å². The van der Waals surface area contributed by atoms with Gasteiger partial charge in [0, 0.05) is 31.4 Å². The Morgan fingerprint density at radius 3 is 3.00 bits per heavy atom. The first-order valence-electron chi connectivity index (χ1n) is 8.85. The van der Waals surface area contributed by atoms with Gasteiger partial charge in [0.2, 0.25) is 0 Å². The number of nitrogens with zero attached hydrogens (tertiary/aromatic N) is 2. The summed E-state index contributed by atoms with van der Waals surface area (Å²) in [5.41, 5.74) is 12.6. The summed E-state index contributed by atoms with van der Waals surface area (Å²) in [6.07, 6.45) is 7.07. The van der Waals surface area contributed by atoms with E-state index in [2.05, 4.69) is 26.5 Å². The van der Waals surface area contributed by atoms with E-state index in [1.165, 1.54) is 0 Å². The molecule has 0 spiro atoms. The molecule has 0 atom stereocenters. The van der Waals surface area contributed by atoms with Gasteiger partial charge in [-0.3, -0.25) is 14.9 Å². The second-order valence-electron chi connectivity index (χ2n) is 6.75. The van der Waals surface area contributed by atoms with Crippen LogP contribution in [0.5, 0.6) is 0 Å². The molecule has 144 valence electrons. The third kappa shape index (κ3) is 2.50. The lowest BCUT2D eigenvalue weighted by Crippen LogP contribution is -2.38. The topological polar surface area (TPSA) is 98.2 Å². The predicted octanol–water partition coefficient (Wildman–Crippen LogP) is 3.65. The molecule has 8 nitrogen and oxygen atoms in total. The van der Waals surface area contributed by atoms with Crippen molar-refractivity contribution < 1.29 is 12.1 Å². The van der Waals surface area contributed by atoms with Crippen molar-refractivity contribution in [3.8, 4) is 11.3 Å². The van der Waals surface area contributed by atoms with Gasteiger partial charge in [0.15, 0.2) is 0 Å². The van der Waals surface area contributed by atoms with Gasteiger partial charge in [-0.2, -0.15) is 5.10 Å². The molecule has 1 aromatic carbocycles. The van der Waals surface area contributed by atoms with Gasteiger partial charge in [-0.25, -0.2) is 0 Å². The standard InChI is InChI=1S/C20H18N6O2.2H2/c1-11-7-15-9-21-25-26(15)12(2)18(11)20(27)22-14-3-4-17-16(8-14)19(24-23-17)13-5-6-28-10-13;;/h3-10,21,25H,1-2H3,(H,22,27)(H,23,24);2*1H. The molecule has 0 aliphatic carbocycles. The lowest BCUT2D eigenvalue weighted by molar-refractivity contribution is -0.112. The van der Waals surface area contributed by atoms with Crippen LogP contribution in [0.15, 0.2) is 76.0 Å². The van der Waals surface area contributed by atoms with Crippen LogP contribution < -0.4 is 16.3 Å². The Kier molecular flexibility index (Phi) is 3.59. The Morgan fingerprint density at radius 1 is 1.29 bits per heavy atom. The van der Waals surface area contributed by atoms with Gasteiger partial charge in [-0.05, 0) is 49.8 Å². The minimum atomic E-state index is -0.160. The van der Waals surface area contributed by atoms with Gasteiger partial charge in [-0.15, -0.1) is 5.53 Å². The van der Waals surface area contributed by atoms with E-state index >= 15 is 0 Å². The second-order valence-corrected chi connectivity index (χ2v) is 6.75. The number of aromatic amines is 1. The van der Waals surface area contributed by atoms with E-state index in [0.29, 0.717) is 11.3 Å². The van der Waals surface area contributed by atoms with E-state index in [4.69, 9.17) is 4.42 Å². The fourth-order valence-electron chi connectivity index (χ4n) is 3.62. The number of allylic oxidation sites excluding steroid dienone is 2. The summed E-state index contributed by atoms with van der Waals surface area (Å²) in [7, 11) is 0. The van der Waals surface area contributed by atoms with Gasteiger partial charge in [0.1, 0.15) is 5.69 Å². The van der Waals surface area contributed by atoms with Crippen molar-refractivity contribution in [3.63, 3.8) is 0 Å². The SMILES string of the molecule is CC1=CC2=CNNN2C(C)=C1C(=O)Nc1ccc2[nH]nc(-c3ccoc3)c2c1.[HH].[HH]. The third-order valence-corrected chi connectivity index (χ3v) is 4.95. The van der Waals surface area contributed by atoms with Crippen LogP contribution in [0.3, 0.4) is 0 Å². The van der Waals surface area contributed by atoms with Gasteiger partial charge in [-0.1, -0.05) is 0 Å². The van der Waals surface area contributed by atoms with Crippen molar-refractivity contribution in [2.75, 3.05) is 5.32 Å². The van der Waals surface area contributed by atoms with Crippen molar-refractivity contribution in [1.29, 1.82) is 0 Å². The van der Waals surface area contributed by atoms with Crippen LogP contribution in [0, 0.1) is 0 Å². The summed E-state index contributed by atoms with van der Waals surface area (Å²) in [5.74, 6) is -0.160. The first-order chi connectivity index (χ1) is 13.6. The number of benzene rings is 1. The van der Waals surface area contributed by atoms with Crippen LogP contribution in [-0.2, 0) is 4.79 Å². The highest BCUT2D eigenvalue weighted by molar-refractivity contribution is 6.08. The molecule has 0 saturated carbocycles. The average molecular weight is 378 g/mol. The maximum Gasteiger partial charge on any atom is 0.257 e. The molecule has 0 saturated heterocycles. The molecule has 4 heterocycles. The van der Waals surface area contributed by atoms with E-state index in [1.807, 2.05) is 55.4 Å². The van der Waals surface area contributed by atoms with Gasteiger partial charge < -0.3 is 15.2 Å². The number of H-pyrrole nitrogens is 1. The normalized spacial score (nSPS) is 16.0. The van der Waals surface area contributed by atoms with Crippen LogP contribution in [0.1, 0.15) is 16.7 Å². The quantitative estimate of drug-likeness (QED) is 0.555. The zero-order valence-corrected chi connectivity index (χ0v) is 15.3. The molecule has 1 amide bonds. The molecule has 0 bridgehead atoms. The summed E-state index contributed by atoms with van der Waals surface area (Å²) in [6, 6.07) is 7.53. The second kappa shape index (κ2) is 6.14. The van der Waals surface area contributed by atoms with Crippen LogP contribution in [0.25, 0.3) is 22.2 Å². The van der Waals surface area contributed by atoms with Crippen LogP contribution in [0.4, 0.5) is 5.69 Å². The Bertz CT molecular complexity index is 1190. The number of carbonyl (C=O) groups excluding carboxylic acids is 1. The van der Waals surface area contributed by atoms with Crippen LogP contribution in [-0.4, -0.2) is 21.1 Å². The first-order valence-corrected chi connectivity index (χ1v) is 8.85. The van der Waals surface area contributed by atoms with Crippen molar-refractivity contribution in [1.82, 2.24) is 26.2 Å². The Labute approximate surface area is 163 Å². The first kappa shape index (κ1) is 16.4. The number of nitrogens with one attached hydrogen (secondary N) is 4. The molecule has 28 heavy (non-hydrogen) atoms. The number of anilines is 1. The molecule has 0 radical (unpaired) electrons. The highest BCUT2D eigenvalue weighted by Gasteiger charge is 2.27. The molecule has 0 fully saturated rings. The number of hydrogen-bond acceptors (Lipinski definition) is 6. The Hall–Kier alpha value is -3.78. The number of rotatable bonds is 3. The molecule has 0 unspecified atom stereocenters. The van der Waals surface area contributed by atoms with Crippen molar-refractivity contribution in [2.45, 2.75) is 13.8 Å². The van der Waals surface area contributed by atoms with E-state index in [-0.39, 0.29) is 8.76 Å². The van der Waals surface area contributed by atoms with E-state index in [9.17, 15) is 4.79 Å². The van der Waals surface area contributed by atoms with E-state index in [1.54, 1.807) is 12.5 Å². The summed E-state index contributed by atoms with van der Waals surface area (Å²) < 4.78 is 5.16. The maximum absolute atomic E-state index is 13.0. The van der Waals surface area contributed by atoms with E-state index < -0.39 is 0 Å². The molecule has 2 aliphatic heterocycles. The summed E-state index contributed by atoms with van der Waals surface area (Å²) >= 11 is 0. The fourth-order valence-corrected chi connectivity index (χ4v) is 3.62. The zero-order valence-electron chi connectivity index (χ0n) is 15.3. The smallest absolute Gasteiger partial charge is 0.257 e. The lowest BCUT2D eigenvalue weighted by atomic mass is 9.99. The molecular weight excluding hydrogens is 356 g/mol. The molecule has 8 heteroatoms. The third-order valence-electron chi connectivity index (χ3n) is 4.95. The minimum Gasteiger partial charge on any atom is -0.472 e. The number of hydrogen-bond donors (Lipinski definition) is 4. The number of carbonyl (C=O) groups is 1. The number of fused-ring (bicyclic) bond motifs is 2. The van der Waals surface area contributed by atoms with Crippen LogP contribution >= 0.6 is 0 Å². The number of aromatic nitrogens is 2. The Balaban J connectivity index is 0.00000128. The summed E-state index contributed by atoms with van der Waals surface area (Å²) in [4.78, 5) is 13.0. The van der Waals surface area contributed by atoms with Gasteiger partial charge >= 0.3 is 0 Å². The molecule has 2 aliphatic rings. The average Bonchev–Trinajstić information content (AvgIpc) is 3.41. The van der Waals surface area contributed by atoms with Crippen molar-refractivity contribution >= 4 is 22.5 Å². The lowest BCUT2D eigenvalue weighted by Gasteiger charge is -2.27. The Morgan fingerprint density at radius 2 is 2.18 bits per heavy atom. The van der Waals surface area contributed by atoms with Gasteiger partial charge in [0.25, 0.3) is 5.91 Å². The van der Waals surface area contributed by atoms with E-state index in [0.717, 1.165) is 39.1 Å². The predicted molar refractivity (Wildman–Crippen MR) is 109 cm³/mol. The zero-order chi connectivity index (χ0) is 19.3. The highest BCUT2D eigenvalue weighted by Crippen LogP contribution is 2.31. The number of amides is 1. The van der Waals surface area contributed by atoms with Crippen LogP contribution in [0.2, 0.25) is 0 Å². The largest absolute Gasteiger partial charge is 0.472 e. The molecular formula is C20H22N6O2. The van der Waals surface area contributed by atoms with Crippen molar-refractivity contribution in [3.05, 3.63) is 71.6 Å². The van der Waals surface area contributed by atoms with Crippen molar-refractivity contribution in [2.24, 2.45) is 0 Å². The minimum absolute atomic E-state index is 0. The highest BCUT2D eigenvalue weighted by atomic mass is 16.3. The molecule has 3 aromatic rings. The number of hydrazine groups is 2. The molecule has 4 N–H and O–H groups in total. The summed E-state index contributed by atoms with van der Waals surface area (Å²) in [6.45, 7) is 3.85. The summed E-state index contributed by atoms with van der Waals surface area (Å²) in [5, 5.41) is 13.1.